The first-order chi connectivity index (χ1) is 16.9. The molecular formula is C31H26F3NO. The number of benzene rings is 4. The Balaban J connectivity index is 1.71. The standard InChI is InChI=1S/C31H26F3NO/c1-18-13-19(2)15-22(14-18)29-26-9-6-20-16-21(5-8-24(20)25(26)11-12-35-29)27-17-23(31(32,33)34)7-10-28(27)30(3,4)36/h5-17,36H,1-4H3. The predicted octanol–water partition coefficient (Wildman–Crippen LogP) is 8.59. The molecule has 0 aliphatic carbocycles. The topological polar surface area (TPSA) is 33.1 Å². The highest BCUT2D eigenvalue weighted by Gasteiger charge is 2.32. The molecule has 0 bridgehead atoms. The number of rotatable bonds is 3. The van der Waals surface area contributed by atoms with Gasteiger partial charge >= 0.3 is 6.18 Å². The number of hydrogen-bond acceptors (Lipinski definition) is 2. The Morgan fingerprint density at radius 1 is 0.694 bits per heavy atom. The average Bonchev–Trinajstić information content (AvgIpc) is 2.81. The minimum atomic E-state index is -4.47. The number of alkyl halides is 3. The zero-order valence-corrected chi connectivity index (χ0v) is 20.5. The fourth-order valence-electron chi connectivity index (χ4n) is 5.00. The third-order valence-electron chi connectivity index (χ3n) is 6.57. The third-order valence-corrected chi connectivity index (χ3v) is 6.57. The van der Waals surface area contributed by atoms with Gasteiger partial charge in [0.15, 0.2) is 0 Å². The number of aromatic nitrogens is 1. The molecular weight excluding hydrogens is 459 g/mol. The van der Waals surface area contributed by atoms with Crippen molar-refractivity contribution in [2.45, 2.75) is 39.5 Å². The lowest BCUT2D eigenvalue weighted by Crippen LogP contribution is -2.18. The van der Waals surface area contributed by atoms with E-state index in [1.807, 2.05) is 36.4 Å². The predicted molar refractivity (Wildman–Crippen MR) is 140 cm³/mol. The SMILES string of the molecule is Cc1cc(C)cc(-c2nccc3c2ccc2cc(-c4cc(C(F)(F)F)ccc4C(C)(C)O)ccc23)c1. The van der Waals surface area contributed by atoms with Crippen LogP contribution in [0, 0.1) is 13.8 Å². The summed E-state index contributed by atoms with van der Waals surface area (Å²) in [5, 5.41) is 14.6. The fourth-order valence-corrected chi connectivity index (χ4v) is 5.00. The van der Waals surface area contributed by atoms with E-state index in [1.165, 1.54) is 6.07 Å². The number of halogens is 3. The van der Waals surface area contributed by atoms with Gasteiger partial charge in [0.2, 0.25) is 0 Å². The number of hydrogen-bond donors (Lipinski definition) is 1. The van der Waals surface area contributed by atoms with Gasteiger partial charge in [0, 0.05) is 17.1 Å². The van der Waals surface area contributed by atoms with Crippen molar-refractivity contribution in [2.75, 3.05) is 0 Å². The average molecular weight is 486 g/mol. The maximum atomic E-state index is 13.5. The third kappa shape index (κ3) is 4.35. The molecule has 1 heterocycles. The van der Waals surface area contributed by atoms with Gasteiger partial charge in [-0.3, -0.25) is 4.98 Å². The van der Waals surface area contributed by atoms with Crippen LogP contribution in [0.2, 0.25) is 0 Å². The molecule has 0 saturated heterocycles. The summed E-state index contributed by atoms with van der Waals surface area (Å²) in [5.41, 5.74) is 3.66. The van der Waals surface area contributed by atoms with Crippen molar-refractivity contribution < 1.29 is 18.3 Å². The molecule has 5 rings (SSSR count). The van der Waals surface area contributed by atoms with Crippen molar-refractivity contribution >= 4 is 21.5 Å². The Kier molecular flexibility index (Phi) is 5.64. The molecule has 0 atom stereocenters. The summed E-state index contributed by atoms with van der Waals surface area (Å²) in [7, 11) is 0. The number of nitrogens with zero attached hydrogens (tertiary/aromatic N) is 1. The Labute approximate surface area is 208 Å². The van der Waals surface area contributed by atoms with Crippen LogP contribution in [-0.2, 0) is 11.8 Å². The van der Waals surface area contributed by atoms with Crippen LogP contribution in [0.1, 0.15) is 36.1 Å². The number of aryl methyl sites for hydroxylation is 2. The molecule has 1 aromatic heterocycles. The van der Waals surface area contributed by atoms with E-state index >= 15 is 0 Å². The second kappa shape index (κ2) is 8.45. The summed E-state index contributed by atoms with van der Waals surface area (Å²) in [6.07, 6.45) is -2.68. The van der Waals surface area contributed by atoms with E-state index in [9.17, 15) is 18.3 Å². The van der Waals surface area contributed by atoms with Gasteiger partial charge in [-0.15, -0.1) is 0 Å². The zero-order chi connectivity index (χ0) is 25.8. The molecule has 0 unspecified atom stereocenters. The van der Waals surface area contributed by atoms with E-state index in [-0.39, 0.29) is 0 Å². The Hall–Kier alpha value is -3.70. The van der Waals surface area contributed by atoms with Crippen molar-refractivity contribution in [1.29, 1.82) is 0 Å². The van der Waals surface area contributed by atoms with E-state index in [0.29, 0.717) is 16.7 Å². The van der Waals surface area contributed by atoms with Gasteiger partial charge in [-0.2, -0.15) is 13.2 Å². The van der Waals surface area contributed by atoms with E-state index in [1.54, 1.807) is 20.0 Å². The molecule has 36 heavy (non-hydrogen) atoms. The van der Waals surface area contributed by atoms with Crippen molar-refractivity contribution in [3.05, 3.63) is 101 Å². The van der Waals surface area contributed by atoms with Crippen molar-refractivity contribution in [2.24, 2.45) is 0 Å². The van der Waals surface area contributed by atoms with Crippen LogP contribution in [0.3, 0.4) is 0 Å². The zero-order valence-electron chi connectivity index (χ0n) is 20.5. The highest BCUT2D eigenvalue weighted by molar-refractivity contribution is 6.12. The lowest BCUT2D eigenvalue weighted by Gasteiger charge is -2.23. The Morgan fingerprint density at radius 3 is 2.06 bits per heavy atom. The molecule has 4 aromatic carbocycles. The second-order valence-electron chi connectivity index (χ2n) is 9.95. The lowest BCUT2D eigenvalue weighted by atomic mass is 9.87. The molecule has 0 spiro atoms. The summed E-state index contributed by atoms with van der Waals surface area (Å²) in [6.45, 7) is 7.28. The highest BCUT2D eigenvalue weighted by Crippen LogP contribution is 2.40. The summed E-state index contributed by atoms with van der Waals surface area (Å²) < 4.78 is 40.5. The molecule has 2 nitrogen and oxygen atoms in total. The van der Waals surface area contributed by atoms with Crippen LogP contribution >= 0.6 is 0 Å². The summed E-state index contributed by atoms with van der Waals surface area (Å²) in [5.74, 6) is 0. The fraction of sp³-hybridized carbons (Fsp3) is 0.194. The van der Waals surface area contributed by atoms with Crippen LogP contribution in [0.25, 0.3) is 43.9 Å². The Morgan fingerprint density at radius 2 is 1.39 bits per heavy atom. The van der Waals surface area contributed by atoms with Gasteiger partial charge in [-0.1, -0.05) is 47.5 Å². The van der Waals surface area contributed by atoms with Gasteiger partial charge in [0.25, 0.3) is 0 Å². The van der Waals surface area contributed by atoms with Crippen molar-refractivity contribution in [3.63, 3.8) is 0 Å². The van der Waals surface area contributed by atoms with E-state index in [2.05, 4.69) is 37.0 Å². The Bertz CT molecular complexity index is 1610. The van der Waals surface area contributed by atoms with Crippen LogP contribution in [0.15, 0.2) is 79.0 Å². The number of fused-ring (bicyclic) bond motifs is 3. The maximum absolute atomic E-state index is 13.5. The number of pyridine rings is 1. The highest BCUT2D eigenvalue weighted by atomic mass is 19.4. The van der Waals surface area contributed by atoms with Gasteiger partial charge in [0.1, 0.15) is 0 Å². The first-order valence-corrected chi connectivity index (χ1v) is 11.8. The molecule has 5 heteroatoms. The monoisotopic (exact) mass is 485 g/mol. The molecule has 0 aliphatic rings. The van der Waals surface area contributed by atoms with Gasteiger partial charge in [-0.25, -0.2) is 0 Å². The minimum Gasteiger partial charge on any atom is -0.386 e. The molecule has 0 saturated carbocycles. The van der Waals surface area contributed by atoms with Crippen LogP contribution < -0.4 is 0 Å². The van der Waals surface area contributed by atoms with Crippen molar-refractivity contribution in [1.82, 2.24) is 4.98 Å². The quantitative estimate of drug-likeness (QED) is 0.260. The molecule has 0 amide bonds. The minimum absolute atomic E-state index is 0.366. The van der Waals surface area contributed by atoms with Gasteiger partial charge in [-0.05, 0) is 96.9 Å². The normalized spacial score (nSPS) is 12.4. The van der Waals surface area contributed by atoms with Crippen LogP contribution in [-0.4, -0.2) is 10.1 Å². The molecule has 5 aromatic rings. The molecule has 182 valence electrons. The van der Waals surface area contributed by atoms with E-state index in [4.69, 9.17) is 0 Å². The first-order valence-electron chi connectivity index (χ1n) is 11.8. The molecule has 0 aliphatic heterocycles. The smallest absolute Gasteiger partial charge is 0.386 e. The molecule has 0 fully saturated rings. The summed E-state index contributed by atoms with van der Waals surface area (Å²) in [4.78, 5) is 4.67. The maximum Gasteiger partial charge on any atom is 0.416 e. The number of aliphatic hydroxyl groups is 1. The van der Waals surface area contributed by atoms with Gasteiger partial charge in [0.05, 0.1) is 16.9 Å². The van der Waals surface area contributed by atoms with Crippen LogP contribution in [0.5, 0.6) is 0 Å². The van der Waals surface area contributed by atoms with E-state index in [0.717, 1.165) is 56.1 Å². The van der Waals surface area contributed by atoms with Crippen LogP contribution in [0.4, 0.5) is 13.2 Å². The van der Waals surface area contributed by atoms with E-state index < -0.39 is 17.3 Å². The summed E-state index contributed by atoms with van der Waals surface area (Å²) in [6, 6.07) is 21.5. The second-order valence-corrected chi connectivity index (χ2v) is 9.95. The van der Waals surface area contributed by atoms with Crippen molar-refractivity contribution in [3.8, 4) is 22.4 Å². The largest absolute Gasteiger partial charge is 0.416 e. The first kappa shape index (κ1) is 24.0. The molecule has 1 N–H and O–H groups in total. The lowest BCUT2D eigenvalue weighted by molar-refractivity contribution is -0.137. The summed E-state index contributed by atoms with van der Waals surface area (Å²) >= 11 is 0. The molecule has 0 radical (unpaired) electrons. The van der Waals surface area contributed by atoms with Gasteiger partial charge < -0.3 is 5.11 Å².